The lowest BCUT2D eigenvalue weighted by molar-refractivity contribution is -0.145. The molecule has 0 aliphatic carbocycles. The minimum absolute atomic E-state index is 0.0310. The fourth-order valence-corrected chi connectivity index (χ4v) is 1.91. The Morgan fingerprint density at radius 3 is 2.71 bits per heavy atom. The number of hydrogen-bond donors (Lipinski definition) is 0. The van der Waals surface area contributed by atoms with E-state index in [1.54, 1.807) is 24.3 Å². The van der Waals surface area contributed by atoms with E-state index in [0.717, 1.165) is 0 Å². The zero-order chi connectivity index (χ0) is 15.3. The van der Waals surface area contributed by atoms with Gasteiger partial charge in [-0.05, 0) is 43.2 Å². The largest absolute Gasteiger partial charge is 0.494 e. The second-order valence-corrected chi connectivity index (χ2v) is 5.04. The van der Waals surface area contributed by atoms with Gasteiger partial charge in [0.15, 0.2) is 0 Å². The van der Waals surface area contributed by atoms with Crippen molar-refractivity contribution in [1.82, 2.24) is 0 Å². The number of carbonyl (C=O) groups excluding carboxylic acids is 1. The molecule has 6 heteroatoms. The second kappa shape index (κ2) is 6.91. The van der Waals surface area contributed by atoms with Crippen molar-refractivity contribution < 1.29 is 23.4 Å². The molecule has 4 nitrogen and oxygen atoms in total. The first-order valence-corrected chi connectivity index (χ1v) is 6.93. The lowest BCUT2D eigenvalue weighted by Crippen LogP contribution is -2.26. The molecule has 0 amide bonds. The molecule has 0 spiro atoms. The van der Waals surface area contributed by atoms with Gasteiger partial charge in [0.25, 0.3) is 0 Å². The number of ether oxygens (including phenoxy) is 3. The van der Waals surface area contributed by atoms with Crippen molar-refractivity contribution in [2.75, 3.05) is 20.3 Å². The van der Waals surface area contributed by atoms with E-state index in [4.69, 9.17) is 21.1 Å². The highest BCUT2D eigenvalue weighted by Crippen LogP contribution is 2.37. The molecule has 1 fully saturated rings. The molecule has 21 heavy (non-hydrogen) atoms. The van der Waals surface area contributed by atoms with Crippen LogP contribution in [0.3, 0.4) is 0 Å². The Labute approximate surface area is 127 Å². The number of methoxy groups -OCH3 is 1. The molecular weight excluding hydrogens is 299 g/mol. The van der Waals surface area contributed by atoms with Crippen LogP contribution in [0, 0.1) is 0 Å². The molecular formula is C15H16ClFO4. The third-order valence-electron chi connectivity index (χ3n) is 3.09. The number of esters is 1. The molecule has 1 unspecified atom stereocenters. The van der Waals surface area contributed by atoms with E-state index < -0.39 is 17.4 Å². The van der Waals surface area contributed by atoms with E-state index in [-0.39, 0.29) is 6.61 Å². The first-order valence-electron chi connectivity index (χ1n) is 6.55. The lowest BCUT2D eigenvalue weighted by Gasteiger charge is -2.07. The van der Waals surface area contributed by atoms with Gasteiger partial charge in [-0.25, -0.2) is 9.18 Å². The van der Waals surface area contributed by atoms with Gasteiger partial charge >= 0.3 is 5.97 Å². The highest BCUT2D eigenvalue weighted by Gasteiger charge is 2.57. The summed E-state index contributed by atoms with van der Waals surface area (Å²) in [6.07, 6.45) is 2.41. The van der Waals surface area contributed by atoms with Crippen molar-refractivity contribution >= 4 is 17.6 Å². The van der Waals surface area contributed by atoms with Crippen LogP contribution in [0.4, 0.5) is 4.39 Å². The monoisotopic (exact) mass is 314 g/mol. The molecule has 114 valence electrons. The van der Waals surface area contributed by atoms with Crippen molar-refractivity contribution in [2.24, 2.45) is 0 Å². The van der Waals surface area contributed by atoms with E-state index in [2.05, 4.69) is 4.74 Å². The third kappa shape index (κ3) is 3.95. The van der Waals surface area contributed by atoms with Gasteiger partial charge in [-0.1, -0.05) is 11.6 Å². The molecule has 0 aromatic heterocycles. The van der Waals surface area contributed by atoms with Gasteiger partial charge in [-0.2, -0.15) is 0 Å². The molecule has 1 aromatic carbocycles. The lowest BCUT2D eigenvalue weighted by atomic mass is 10.1. The molecule has 1 aromatic rings. The van der Waals surface area contributed by atoms with Gasteiger partial charge in [0.1, 0.15) is 11.6 Å². The van der Waals surface area contributed by atoms with Crippen LogP contribution >= 0.6 is 11.6 Å². The summed E-state index contributed by atoms with van der Waals surface area (Å²) < 4.78 is 28.7. The molecule has 2 rings (SSSR count). The summed E-state index contributed by atoms with van der Waals surface area (Å²) in [5, 5.41) is 0.643. The Bertz CT molecular complexity index is 523. The minimum Gasteiger partial charge on any atom is -0.494 e. The number of epoxide rings is 1. The molecule has 0 bridgehead atoms. The van der Waals surface area contributed by atoms with Crippen molar-refractivity contribution in [3.8, 4) is 5.75 Å². The summed E-state index contributed by atoms with van der Waals surface area (Å²) in [5.41, 5.74) is -1.49. The highest BCUT2D eigenvalue weighted by atomic mass is 35.5. The van der Waals surface area contributed by atoms with Crippen molar-refractivity contribution in [1.29, 1.82) is 0 Å². The van der Waals surface area contributed by atoms with E-state index in [1.807, 2.05) is 0 Å². The van der Waals surface area contributed by atoms with Crippen LogP contribution in [0.1, 0.15) is 12.8 Å². The maximum absolute atomic E-state index is 13.9. The summed E-state index contributed by atoms with van der Waals surface area (Å²) in [4.78, 5) is 11.4. The zero-order valence-corrected chi connectivity index (χ0v) is 12.4. The molecule has 1 aliphatic rings. The van der Waals surface area contributed by atoms with Crippen LogP contribution in [0.5, 0.6) is 5.75 Å². The number of hydrogen-bond acceptors (Lipinski definition) is 4. The first-order chi connectivity index (χ1) is 10.1. The number of rotatable bonds is 7. The summed E-state index contributed by atoms with van der Waals surface area (Å²) in [6, 6.07) is 7.01. The number of halogens is 2. The smallest absolute Gasteiger partial charge is 0.347 e. The Balaban J connectivity index is 1.73. The van der Waals surface area contributed by atoms with E-state index >= 15 is 0 Å². The SMILES string of the molecule is COC(=O)C1(C(F)=CCCCOc2ccc(Cl)cc2)CO1. The zero-order valence-electron chi connectivity index (χ0n) is 11.6. The predicted octanol–water partition coefficient (Wildman–Crippen LogP) is 3.29. The number of unbranched alkanes of at least 4 members (excludes halogenated alkanes) is 1. The van der Waals surface area contributed by atoms with E-state index in [9.17, 15) is 9.18 Å². The molecule has 1 atom stereocenters. The third-order valence-corrected chi connectivity index (χ3v) is 3.34. The summed E-state index contributed by atoms with van der Waals surface area (Å²) in [5.74, 6) is -0.588. The van der Waals surface area contributed by atoms with Gasteiger partial charge in [0.2, 0.25) is 5.60 Å². The number of allylic oxidation sites excluding steroid dienone is 1. The molecule has 0 N–H and O–H groups in total. The molecule has 0 radical (unpaired) electrons. The quantitative estimate of drug-likeness (QED) is 0.440. The van der Waals surface area contributed by atoms with Crippen LogP contribution in [0.15, 0.2) is 36.2 Å². The Morgan fingerprint density at radius 1 is 1.48 bits per heavy atom. The van der Waals surface area contributed by atoms with Gasteiger partial charge in [-0.3, -0.25) is 0 Å². The second-order valence-electron chi connectivity index (χ2n) is 4.60. The summed E-state index contributed by atoms with van der Waals surface area (Å²) in [6.45, 7) is 0.473. The number of carbonyl (C=O) groups is 1. The predicted molar refractivity (Wildman–Crippen MR) is 76.1 cm³/mol. The Kier molecular flexibility index (Phi) is 5.20. The molecule has 1 heterocycles. The average Bonchev–Trinajstić information content (AvgIpc) is 3.29. The van der Waals surface area contributed by atoms with Crippen molar-refractivity contribution in [2.45, 2.75) is 18.4 Å². The standard InChI is InChI=1S/C15H16ClFO4/c1-19-14(18)15(10-21-15)13(17)4-2-3-9-20-12-7-5-11(16)6-8-12/h4-8H,2-3,9-10H2,1H3. The molecule has 0 saturated carbocycles. The van der Waals surface area contributed by atoms with Crippen LogP contribution in [0.25, 0.3) is 0 Å². The highest BCUT2D eigenvalue weighted by molar-refractivity contribution is 6.30. The van der Waals surface area contributed by atoms with E-state index in [1.165, 1.54) is 13.2 Å². The van der Waals surface area contributed by atoms with Crippen LogP contribution in [0.2, 0.25) is 5.02 Å². The fraction of sp³-hybridized carbons (Fsp3) is 0.400. The normalized spacial score (nSPS) is 21.0. The topological polar surface area (TPSA) is 48.1 Å². The Hall–Kier alpha value is -1.59. The van der Waals surface area contributed by atoms with E-state index in [0.29, 0.717) is 30.2 Å². The average molecular weight is 315 g/mol. The summed E-state index contributed by atoms with van der Waals surface area (Å²) >= 11 is 5.76. The van der Waals surface area contributed by atoms with Gasteiger partial charge in [-0.15, -0.1) is 0 Å². The van der Waals surface area contributed by atoms with Gasteiger partial charge in [0.05, 0.1) is 20.3 Å². The maximum atomic E-state index is 13.9. The van der Waals surface area contributed by atoms with Gasteiger partial charge < -0.3 is 14.2 Å². The van der Waals surface area contributed by atoms with Gasteiger partial charge in [0, 0.05) is 5.02 Å². The summed E-state index contributed by atoms with van der Waals surface area (Å²) in [7, 11) is 1.21. The first kappa shape index (κ1) is 15.8. The fourth-order valence-electron chi connectivity index (χ4n) is 1.79. The number of benzene rings is 1. The van der Waals surface area contributed by atoms with Crippen LogP contribution in [-0.2, 0) is 14.3 Å². The minimum atomic E-state index is -1.49. The van der Waals surface area contributed by atoms with Crippen molar-refractivity contribution in [3.63, 3.8) is 0 Å². The maximum Gasteiger partial charge on any atom is 0.347 e. The Morgan fingerprint density at radius 2 is 2.14 bits per heavy atom. The van der Waals surface area contributed by atoms with Crippen LogP contribution in [-0.4, -0.2) is 31.9 Å². The van der Waals surface area contributed by atoms with Crippen LogP contribution < -0.4 is 4.74 Å². The van der Waals surface area contributed by atoms with Crippen molar-refractivity contribution in [3.05, 3.63) is 41.2 Å². The molecule has 1 saturated heterocycles. The molecule has 1 aliphatic heterocycles.